The van der Waals surface area contributed by atoms with Crippen molar-refractivity contribution in [3.05, 3.63) is 11.8 Å². The van der Waals surface area contributed by atoms with Crippen molar-refractivity contribution in [2.45, 2.75) is 71.3 Å². The van der Waals surface area contributed by atoms with Crippen molar-refractivity contribution in [1.29, 1.82) is 0 Å². The fourth-order valence-electron chi connectivity index (χ4n) is 2.75. The molecule has 1 N–H and O–H groups in total. The molecule has 1 aromatic rings. The molecule has 0 spiro atoms. The lowest BCUT2D eigenvalue weighted by molar-refractivity contribution is 0.411. The van der Waals surface area contributed by atoms with E-state index < -0.39 is 0 Å². The van der Waals surface area contributed by atoms with E-state index in [1.807, 2.05) is 0 Å². The Labute approximate surface area is 116 Å². The Balaban J connectivity index is 1.63. The minimum absolute atomic E-state index is 0.546. The lowest BCUT2D eigenvalue weighted by atomic mass is 10.0. The number of aryl methyl sites for hydroxylation is 2. The fraction of sp³-hybridized carbons (Fsp3) is 0.867. The predicted octanol–water partition coefficient (Wildman–Crippen LogP) is 3.12. The Bertz CT molecular complexity index is 356. The average molecular weight is 265 g/mol. The number of nitrogens with zero attached hydrogens (tertiary/aromatic N) is 2. The van der Waals surface area contributed by atoms with Crippen molar-refractivity contribution < 1.29 is 4.42 Å². The molecule has 1 aromatic heterocycles. The molecular weight excluding hydrogens is 238 g/mol. The highest BCUT2D eigenvalue weighted by molar-refractivity contribution is 4.84. The van der Waals surface area contributed by atoms with Crippen LogP contribution in [-0.2, 0) is 12.8 Å². The summed E-state index contributed by atoms with van der Waals surface area (Å²) in [6.45, 7) is 5.33. The zero-order chi connectivity index (χ0) is 13.5. The summed E-state index contributed by atoms with van der Waals surface area (Å²) in [5, 5.41) is 11.7. The quantitative estimate of drug-likeness (QED) is 0.734. The molecule has 108 valence electrons. The monoisotopic (exact) mass is 265 g/mol. The van der Waals surface area contributed by atoms with Gasteiger partial charge in [-0.3, -0.25) is 0 Å². The van der Waals surface area contributed by atoms with Gasteiger partial charge in [-0.2, -0.15) is 0 Å². The van der Waals surface area contributed by atoms with E-state index >= 15 is 0 Å². The van der Waals surface area contributed by atoms with E-state index in [9.17, 15) is 0 Å². The molecule has 4 heteroatoms. The maximum atomic E-state index is 5.70. The largest absolute Gasteiger partial charge is 0.425 e. The standard InChI is InChI=1S/C15H27N3O/c1-12(2)16-11-5-8-14-17-18-15(19-14)10-9-13-6-3-4-7-13/h12-13,16H,3-11H2,1-2H3. The van der Waals surface area contributed by atoms with Crippen molar-refractivity contribution in [3.8, 4) is 0 Å². The maximum Gasteiger partial charge on any atom is 0.216 e. The van der Waals surface area contributed by atoms with Crippen LogP contribution in [-0.4, -0.2) is 22.8 Å². The van der Waals surface area contributed by atoms with Gasteiger partial charge in [0.15, 0.2) is 0 Å². The molecule has 2 rings (SSSR count). The van der Waals surface area contributed by atoms with Crippen LogP contribution in [0, 0.1) is 5.92 Å². The highest BCUT2D eigenvalue weighted by atomic mass is 16.4. The van der Waals surface area contributed by atoms with Crippen LogP contribution < -0.4 is 5.32 Å². The van der Waals surface area contributed by atoms with Gasteiger partial charge in [-0.1, -0.05) is 39.5 Å². The number of nitrogens with one attached hydrogen (secondary N) is 1. The molecule has 0 radical (unpaired) electrons. The summed E-state index contributed by atoms with van der Waals surface area (Å²) in [6.07, 6.45) is 9.71. The summed E-state index contributed by atoms with van der Waals surface area (Å²) in [5.41, 5.74) is 0. The van der Waals surface area contributed by atoms with Gasteiger partial charge in [0.05, 0.1) is 0 Å². The minimum Gasteiger partial charge on any atom is -0.425 e. The molecule has 1 aliphatic carbocycles. The summed E-state index contributed by atoms with van der Waals surface area (Å²) in [4.78, 5) is 0. The molecule has 0 saturated heterocycles. The van der Waals surface area contributed by atoms with Crippen molar-refractivity contribution in [2.24, 2.45) is 5.92 Å². The van der Waals surface area contributed by atoms with E-state index in [-0.39, 0.29) is 0 Å². The number of hydrogen-bond donors (Lipinski definition) is 1. The molecule has 1 fully saturated rings. The van der Waals surface area contributed by atoms with Crippen LogP contribution in [0.5, 0.6) is 0 Å². The van der Waals surface area contributed by atoms with Crippen molar-refractivity contribution >= 4 is 0 Å². The van der Waals surface area contributed by atoms with Crippen molar-refractivity contribution in [2.75, 3.05) is 6.54 Å². The zero-order valence-electron chi connectivity index (χ0n) is 12.3. The summed E-state index contributed by atoms with van der Waals surface area (Å²) in [7, 11) is 0. The van der Waals surface area contributed by atoms with Gasteiger partial charge in [0.1, 0.15) is 0 Å². The Hall–Kier alpha value is -0.900. The van der Waals surface area contributed by atoms with Crippen LogP contribution in [0.1, 0.15) is 64.2 Å². The smallest absolute Gasteiger partial charge is 0.216 e. The molecule has 0 unspecified atom stereocenters. The Morgan fingerprint density at radius 2 is 1.84 bits per heavy atom. The second-order valence-electron chi connectivity index (χ2n) is 5.99. The van der Waals surface area contributed by atoms with Crippen LogP contribution in [0.2, 0.25) is 0 Å². The average Bonchev–Trinajstić information content (AvgIpc) is 3.03. The molecule has 1 saturated carbocycles. The Kier molecular flexibility index (Phi) is 5.83. The second kappa shape index (κ2) is 7.63. The second-order valence-corrected chi connectivity index (χ2v) is 5.99. The highest BCUT2D eigenvalue weighted by Crippen LogP contribution is 2.28. The number of rotatable bonds is 8. The van der Waals surface area contributed by atoms with Crippen LogP contribution >= 0.6 is 0 Å². The summed E-state index contributed by atoms with van der Waals surface area (Å²) < 4.78 is 5.70. The van der Waals surface area contributed by atoms with Crippen LogP contribution in [0.25, 0.3) is 0 Å². The van der Waals surface area contributed by atoms with Crippen LogP contribution in [0.4, 0.5) is 0 Å². The molecule has 0 aromatic carbocycles. The SMILES string of the molecule is CC(C)NCCCc1nnc(CCC2CCCC2)o1. The first-order valence-corrected chi connectivity index (χ1v) is 7.78. The van der Waals surface area contributed by atoms with Crippen LogP contribution in [0.3, 0.4) is 0 Å². The van der Waals surface area contributed by atoms with Gasteiger partial charge in [-0.05, 0) is 25.3 Å². The molecule has 0 atom stereocenters. The molecule has 0 aliphatic heterocycles. The molecule has 0 amide bonds. The van der Waals surface area contributed by atoms with Gasteiger partial charge in [-0.15, -0.1) is 10.2 Å². The van der Waals surface area contributed by atoms with Gasteiger partial charge in [-0.25, -0.2) is 0 Å². The topological polar surface area (TPSA) is 51.0 Å². The van der Waals surface area contributed by atoms with E-state index in [4.69, 9.17) is 4.42 Å². The lowest BCUT2D eigenvalue weighted by Crippen LogP contribution is -2.23. The van der Waals surface area contributed by atoms with E-state index in [1.165, 1.54) is 32.1 Å². The van der Waals surface area contributed by atoms with Gasteiger partial charge >= 0.3 is 0 Å². The molecule has 0 bridgehead atoms. The summed E-state index contributed by atoms with van der Waals surface area (Å²) in [5.74, 6) is 2.52. The first kappa shape index (κ1) is 14.5. The first-order chi connectivity index (χ1) is 9.24. The predicted molar refractivity (Wildman–Crippen MR) is 76.0 cm³/mol. The molecule has 19 heavy (non-hydrogen) atoms. The van der Waals surface area contributed by atoms with Gasteiger partial charge in [0.25, 0.3) is 0 Å². The third-order valence-corrected chi connectivity index (χ3v) is 3.87. The third-order valence-electron chi connectivity index (χ3n) is 3.87. The first-order valence-electron chi connectivity index (χ1n) is 7.78. The van der Waals surface area contributed by atoms with E-state index in [0.29, 0.717) is 6.04 Å². The van der Waals surface area contributed by atoms with Gasteiger partial charge in [0, 0.05) is 18.9 Å². The molecule has 1 aliphatic rings. The molecule has 4 nitrogen and oxygen atoms in total. The van der Waals surface area contributed by atoms with Gasteiger partial charge in [0.2, 0.25) is 11.8 Å². The molecule has 1 heterocycles. The van der Waals surface area contributed by atoms with Crippen molar-refractivity contribution in [1.82, 2.24) is 15.5 Å². The normalized spacial score (nSPS) is 16.6. The fourth-order valence-corrected chi connectivity index (χ4v) is 2.75. The highest BCUT2D eigenvalue weighted by Gasteiger charge is 2.16. The minimum atomic E-state index is 0.546. The zero-order valence-corrected chi connectivity index (χ0v) is 12.3. The third kappa shape index (κ3) is 5.31. The van der Waals surface area contributed by atoms with Crippen LogP contribution in [0.15, 0.2) is 4.42 Å². The number of aromatic nitrogens is 2. The maximum absolute atomic E-state index is 5.70. The number of hydrogen-bond acceptors (Lipinski definition) is 4. The Morgan fingerprint density at radius 1 is 1.16 bits per heavy atom. The summed E-state index contributed by atoms with van der Waals surface area (Å²) in [6, 6.07) is 0.546. The van der Waals surface area contributed by atoms with E-state index in [1.54, 1.807) is 0 Å². The molecular formula is C15H27N3O. The lowest BCUT2D eigenvalue weighted by Gasteiger charge is -2.06. The summed E-state index contributed by atoms with van der Waals surface area (Å²) >= 11 is 0. The van der Waals surface area contributed by atoms with Crippen molar-refractivity contribution in [3.63, 3.8) is 0 Å². The Morgan fingerprint density at radius 3 is 2.53 bits per heavy atom. The van der Waals surface area contributed by atoms with Gasteiger partial charge < -0.3 is 9.73 Å². The van der Waals surface area contributed by atoms with E-state index in [2.05, 4.69) is 29.4 Å². The van der Waals surface area contributed by atoms with E-state index in [0.717, 1.165) is 43.5 Å².